The molecule has 25 aromatic carbocycles. The second-order valence-corrected chi connectivity index (χ2v) is 37.6. The van der Waals surface area contributed by atoms with Crippen LogP contribution in [-0.2, 0) is 0 Å². The van der Waals surface area contributed by atoms with Crippen molar-refractivity contribution in [2.45, 2.75) is 0 Å². The van der Waals surface area contributed by atoms with Gasteiger partial charge in [-0.05, 0) is 300 Å². The summed E-state index contributed by atoms with van der Waals surface area (Å²) >= 11 is 0. The van der Waals surface area contributed by atoms with Gasteiger partial charge in [-0.2, -0.15) is 0 Å². The lowest BCUT2D eigenvalue weighted by Crippen LogP contribution is -2.10. The summed E-state index contributed by atoms with van der Waals surface area (Å²) < 4.78 is 18.0. The van der Waals surface area contributed by atoms with Crippen LogP contribution in [0.5, 0.6) is 0 Å². The molecular formula is C138H88N4O2. The van der Waals surface area contributed by atoms with Gasteiger partial charge in [0.15, 0.2) is 11.2 Å². The van der Waals surface area contributed by atoms with E-state index in [1.807, 2.05) is 24.3 Å². The Hall–Kier alpha value is -19.1. The molecule has 0 N–H and O–H groups in total. The summed E-state index contributed by atoms with van der Waals surface area (Å²) in [6, 6.07) is 194. The molecule has 29 aromatic rings. The van der Waals surface area contributed by atoms with Gasteiger partial charge in [0.05, 0.1) is 33.4 Å². The molecule has 4 heterocycles. The second-order valence-electron chi connectivity index (χ2n) is 37.6. The Bertz CT molecular complexity index is 10000. The lowest BCUT2D eigenvalue weighted by molar-refractivity contribution is 0.668. The van der Waals surface area contributed by atoms with Crippen LogP contribution in [0.4, 0.5) is 34.1 Å². The van der Waals surface area contributed by atoms with Crippen molar-refractivity contribution >= 4 is 186 Å². The van der Waals surface area contributed by atoms with Crippen LogP contribution in [-0.4, -0.2) is 9.13 Å². The van der Waals surface area contributed by atoms with E-state index in [0.717, 1.165) is 123 Å². The number of nitrogens with zero attached hydrogens (tertiary/aromatic N) is 4. The molecule has 0 bridgehead atoms. The van der Waals surface area contributed by atoms with Gasteiger partial charge in [-0.1, -0.05) is 376 Å². The van der Waals surface area contributed by atoms with Crippen LogP contribution in [0.1, 0.15) is 0 Å². The molecule has 0 amide bonds. The zero-order chi connectivity index (χ0) is 94.8. The minimum absolute atomic E-state index is 0.867. The van der Waals surface area contributed by atoms with E-state index < -0.39 is 0 Å². The quantitative estimate of drug-likeness (QED) is 0.0960. The van der Waals surface area contributed by atoms with Crippen molar-refractivity contribution in [3.05, 3.63) is 534 Å². The molecule has 6 heteroatoms. The fourth-order valence-electron chi connectivity index (χ4n) is 22.6. The smallest absolute Gasteiger partial charge is 0.159 e. The predicted octanol–water partition coefficient (Wildman–Crippen LogP) is 38.9. The molecule has 0 aliphatic carbocycles. The predicted molar refractivity (Wildman–Crippen MR) is 609 cm³/mol. The number of para-hydroxylation sites is 6. The number of hydrogen-bond donors (Lipinski definition) is 0. The molecule has 0 aliphatic heterocycles. The Labute approximate surface area is 831 Å². The first-order chi connectivity index (χ1) is 71.4. The van der Waals surface area contributed by atoms with E-state index in [0.29, 0.717) is 0 Å². The van der Waals surface area contributed by atoms with Gasteiger partial charge < -0.3 is 27.8 Å². The third-order valence-electron chi connectivity index (χ3n) is 29.6. The van der Waals surface area contributed by atoms with Crippen molar-refractivity contribution in [2.24, 2.45) is 0 Å². The van der Waals surface area contributed by atoms with E-state index in [4.69, 9.17) is 8.83 Å². The lowest BCUT2D eigenvalue weighted by Gasteiger charge is -2.25. The number of furan rings is 2. The van der Waals surface area contributed by atoms with E-state index in [9.17, 15) is 0 Å². The molecule has 144 heavy (non-hydrogen) atoms. The Morgan fingerprint density at radius 2 is 0.340 bits per heavy atom. The molecule has 0 saturated heterocycles. The van der Waals surface area contributed by atoms with Crippen LogP contribution in [0.25, 0.3) is 241 Å². The van der Waals surface area contributed by atoms with Crippen molar-refractivity contribution in [3.8, 4) is 89.3 Å². The largest absolute Gasteiger partial charge is 0.454 e. The Morgan fingerprint density at radius 3 is 0.660 bits per heavy atom. The fourth-order valence-corrected chi connectivity index (χ4v) is 22.6. The van der Waals surface area contributed by atoms with Crippen LogP contribution in [0.15, 0.2) is 543 Å². The fraction of sp³-hybridized carbons (Fsp3) is 0. The highest BCUT2D eigenvalue weighted by molar-refractivity contribution is 6.28. The number of hydrogen-bond acceptors (Lipinski definition) is 4. The summed E-state index contributed by atoms with van der Waals surface area (Å²) in [7, 11) is 0. The summed E-state index contributed by atoms with van der Waals surface area (Å²) in [4.78, 5) is 4.60. The highest BCUT2D eigenvalue weighted by atomic mass is 16.3. The molecule has 0 saturated carbocycles. The minimum atomic E-state index is 0.867. The summed E-state index contributed by atoms with van der Waals surface area (Å²) in [5.74, 6) is 0. The van der Waals surface area contributed by atoms with Crippen molar-refractivity contribution in [3.63, 3.8) is 0 Å². The molecule has 29 rings (SSSR count). The molecular weight excluding hydrogens is 1750 g/mol. The maximum absolute atomic E-state index is 6.59. The first-order valence-corrected chi connectivity index (χ1v) is 49.4. The van der Waals surface area contributed by atoms with Gasteiger partial charge >= 0.3 is 0 Å². The van der Waals surface area contributed by atoms with Crippen LogP contribution in [0, 0.1) is 0 Å². The summed E-state index contributed by atoms with van der Waals surface area (Å²) in [6.45, 7) is 0. The maximum Gasteiger partial charge on any atom is 0.159 e. The molecule has 0 atom stereocenters. The number of fused-ring (bicyclic) bond motifs is 24. The maximum atomic E-state index is 6.59. The number of anilines is 6. The van der Waals surface area contributed by atoms with E-state index in [2.05, 4.69) is 529 Å². The van der Waals surface area contributed by atoms with Gasteiger partial charge in [-0.15, -0.1) is 0 Å². The highest BCUT2D eigenvalue weighted by Gasteiger charge is 2.26. The Morgan fingerprint density at radius 1 is 0.132 bits per heavy atom. The van der Waals surface area contributed by atoms with Gasteiger partial charge in [0.2, 0.25) is 0 Å². The van der Waals surface area contributed by atoms with E-state index >= 15 is 0 Å². The topological polar surface area (TPSA) is 42.6 Å². The van der Waals surface area contributed by atoms with Crippen molar-refractivity contribution in [2.75, 3.05) is 9.80 Å². The minimum Gasteiger partial charge on any atom is -0.454 e. The number of benzene rings is 25. The monoisotopic (exact) mass is 1830 g/mol. The van der Waals surface area contributed by atoms with Gasteiger partial charge in [0, 0.05) is 77.2 Å². The molecule has 0 aliphatic rings. The van der Waals surface area contributed by atoms with Crippen molar-refractivity contribution in [1.29, 1.82) is 0 Å². The first-order valence-electron chi connectivity index (χ1n) is 49.4. The molecule has 0 radical (unpaired) electrons. The normalized spacial score (nSPS) is 11.8. The van der Waals surface area contributed by atoms with E-state index in [1.165, 1.54) is 153 Å². The van der Waals surface area contributed by atoms with Crippen molar-refractivity contribution < 1.29 is 8.83 Å². The van der Waals surface area contributed by atoms with E-state index in [-0.39, 0.29) is 0 Å². The van der Waals surface area contributed by atoms with Crippen molar-refractivity contribution in [1.82, 2.24) is 9.13 Å². The van der Waals surface area contributed by atoms with E-state index in [1.54, 1.807) is 0 Å². The van der Waals surface area contributed by atoms with Crippen LogP contribution >= 0.6 is 0 Å². The van der Waals surface area contributed by atoms with Crippen LogP contribution in [0.2, 0.25) is 0 Å². The zero-order valence-electron chi connectivity index (χ0n) is 78.4. The third kappa shape index (κ3) is 14.2. The van der Waals surface area contributed by atoms with Gasteiger partial charge in [-0.25, -0.2) is 0 Å². The summed E-state index contributed by atoms with van der Waals surface area (Å²) in [5, 5.41) is 24.7. The zero-order valence-corrected chi connectivity index (χ0v) is 78.4. The first kappa shape index (κ1) is 83.1. The summed E-state index contributed by atoms with van der Waals surface area (Å²) in [5.41, 5.74) is 33.2. The standard InChI is InChI=1S/C72H46N2O.C66H42N2O/c1-3-14-47(15-4-1)48-26-28-49(29-27-48)53-35-42-68-66(45-53)67-46-54(51-30-37-56(38-31-51)73(55-16-5-2-6-17-55)70-24-13-23-64-63-22-11-12-25-71(63)75-72(64)70)36-43-69(67)74(68)57-39-32-50(33-40-57)52-34-41-62-60-20-8-7-18-58(60)59-19-9-10-21-61(59)65(62)44-52;1-3-14-43(15-4-1)47-31-38-62-60(41-47)61-42-48(45-26-33-50(34-27-45)67(49-16-5-2-6-17-49)64-24-13-23-58-57-22-11-12-25-65(57)69-66(58)64)32-39-63(61)68(62)51-35-28-44(29-36-51)46-30-37-56-54-20-8-7-18-52(54)53-19-9-10-21-55(53)59(56)40-46/h1-46H;1-42H. The molecule has 672 valence electrons. The SMILES string of the molecule is c1ccc(-c2ccc(-c3ccc4c(c3)c3cc(-c5ccc(N(c6ccccc6)c6cccc7c6oc6ccccc67)cc5)ccc3n4-c3ccc(-c4ccc5c6ccccc6c6ccccc6c5c4)cc3)cc2)cc1.c1ccc(-c2ccc3c(c2)c2cc(-c4ccc(N(c5ccccc5)c5cccc6c5oc5ccccc56)cc4)ccc2n3-c2ccc(-c3ccc4c5ccccc5c5ccccc5c4c3)cc2)cc1. The average Bonchev–Trinajstić information content (AvgIpc) is 1.40. The lowest BCUT2D eigenvalue weighted by atomic mass is 9.92. The van der Waals surface area contributed by atoms with Crippen LogP contribution < -0.4 is 9.80 Å². The van der Waals surface area contributed by atoms with Gasteiger partial charge in [0.25, 0.3) is 0 Å². The Balaban J connectivity index is 0.000000141. The molecule has 0 fully saturated rings. The van der Waals surface area contributed by atoms with Gasteiger partial charge in [0.1, 0.15) is 11.2 Å². The van der Waals surface area contributed by atoms with Crippen LogP contribution in [0.3, 0.4) is 0 Å². The molecule has 0 unspecified atom stereocenters. The van der Waals surface area contributed by atoms with Gasteiger partial charge in [-0.3, -0.25) is 0 Å². The third-order valence-corrected chi connectivity index (χ3v) is 29.6. The highest BCUT2D eigenvalue weighted by Crippen LogP contribution is 2.50. The average molecular weight is 1830 g/mol. The summed E-state index contributed by atoms with van der Waals surface area (Å²) in [6.07, 6.45) is 0. The molecule has 0 spiro atoms. The molecule has 4 aromatic heterocycles. The number of rotatable bonds is 15. The molecule has 6 nitrogen and oxygen atoms in total. The second kappa shape index (κ2) is 34.5. The number of aromatic nitrogens is 2. The Kier molecular flexibility index (Phi) is 19.9.